The Morgan fingerprint density at radius 1 is 0.857 bits per heavy atom. The highest BCUT2D eigenvalue weighted by Crippen LogP contribution is 2.28. The van der Waals surface area contributed by atoms with Crippen molar-refractivity contribution < 1.29 is 24.9 Å². The first-order chi connectivity index (χ1) is 13.3. The second-order valence-electron chi connectivity index (χ2n) is 6.76. The van der Waals surface area contributed by atoms with E-state index < -0.39 is 11.9 Å². The number of benzene rings is 3. The molecule has 28 heavy (non-hydrogen) atoms. The van der Waals surface area contributed by atoms with Gasteiger partial charge in [-0.25, -0.2) is 9.59 Å². The fourth-order valence-electron chi connectivity index (χ4n) is 3.20. The molecule has 0 bridgehead atoms. The fourth-order valence-corrected chi connectivity index (χ4v) is 3.20. The van der Waals surface area contributed by atoms with Gasteiger partial charge in [0.2, 0.25) is 0 Å². The molecule has 0 spiro atoms. The van der Waals surface area contributed by atoms with Crippen LogP contribution in [0.1, 0.15) is 44.7 Å². The van der Waals surface area contributed by atoms with Gasteiger partial charge < -0.3 is 15.3 Å². The molecular weight excluding hydrogens is 356 g/mol. The minimum Gasteiger partial charge on any atom is -0.508 e. The van der Waals surface area contributed by atoms with Crippen molar-refractivity contribution in [2.45, 2.75) is 19.3 Å². The van der Waals surface area contributed by atoms with E-state index in [1.54, 1.807) is 12.1 Å². The number of rotatable bonds is 6. The van der Waals surface area contributed by atoms with Crippen LogP contribution < -0.4 is 0 Å². The van der Waals surface area contributed by atoms with Crippen molar-refractivity contribution in [1.29, 1.82) is 0 Å². The highest BCUT2D eigenvalue weighted by Gasteiger charge is 2.15. The highest BCUT2D eigenvalue weighted by atomic mass is 16.4. The van der Waals surface area contributed by atoms with Gasteiger partial charge in [0.15, 0.2) is 0 Å². The Labute approximate surface area is 162 Å². The summed E-state index contributed by atoms with van der Waals surface area (Å²) >= 11 is 0. The predicted molar refractivity (Wildman–Crippen MR) is 106 cm³/mol. The first kappa shape index (κ1) is 19.2. The van der Waals surface area contributed by atoms with E-state index in [1.807, 2.05) is 36.4 Å². The summed E-state index contributed by atoms with van der Waals surface area (Å²) in [5.41, 5.74) is 3.34. The van der Waals surface area contributed by atoms with E-state index in [1.165, 1.54) is 18.2 Å². The molecular formula is C23H20O5. The molecule has 0 heterocycles. The third-order valence-corrected chi connectivity index (χ3v) is 4.77. The predicted octanol–water partition coefficient (Wildman–Crippen LogP) is 4.80. The van der Waals surface area contributed by atoms with Gasteiger partial charge in [-0.15, -0.1) is 0 Å². The normalized spacial score (nSPS) is 11.8. The van der Waals surface area contributed by atoms with Gasteiger partial charge in [0.05, 0.1) is 11.1 Å². The number of aromatic carboxylic acids is 2. The maximum absolute atomic E-state index is 11.5. The Hall–Kier alpha value is -3.60. The first-order valence-corrected chi connectivity index (χ1v) is 8.84. The molecule has 0 aliphatic rings. The summed E-state index contributed by atoms with van der Waals surface area (Å²) in [5.74, 6) is -1.74. The summed E-state index contributed by atoms with van der Waals surface area (Å²) in [5, 5.41) is 28.0. The lowest BCUT2D eigenvalue weighted by atomic mass is 9.91. The van der Waals surface area contributed by atoms with Crippen LogP contribution in [0, 0.1) is 0 Å². The minimum absolute atomic E-state index is 0.0461. The van der Waals surface area contributed by atoms with E-state index >= 15 is 0 Å². The molecule has 5 nitrogen and oxygen atoms in total. The molecule has 3 aromatic carbocycles. The maximum Gasteiger partial charge on any atom is 0.336 e. The third-order valence-electron chi connectivity index (χ3n) is 4.77. The Kier molecular flexibility index (Phi) is 5.45. The van der Waals surface area contributed by atoms with Gasteiger partial charge in [-0.1, -0.05) is 43.3 Å². The van der Waals surface area contributed by atoms with E-state index in [9.17, 15) is 24.9 Å². The number of phenolic OH excluding ortho intramolecular Hbond substituents is 1. The van der Waals surface area contributed by atoms with Gasteiger partial charge in [0.25, 0.3) is 0 Å². The molecule has 1 unspecified atom stereocenters. The summed E-state index contributed by atoms with van der Waals surface area (Å²) in [7, 11) is 0. The largest absolute Gasteiger partial charge is 0.508 e. The monoisotopic (exact) mass is 376 g/mol. The summed E-state index contributed by atoms with van der Waals surface area (Å²) in [6.07, 6.45) is 0.800. The Balaban J connectivity index is 1.87. The molecule has 0 saturated carbocycles. The summed E-state index contributed by atoms with van der Waals surface area (Å²) in [6, 6.07) is 18.6. The van der Waals surface area contributed by atoms with E-state index in [0.717, 1.165) is 17.5 Å². The standard InChI is InChI=1S/C23H20O5/c1-14(12-15-2-9-19(24)10-3-15)16-4-6-17(7-5-16)21-13-18(22(25)26)8-11-20(21)23(27)28/h2-11,13-14,24H,12H2,1H3,(H,25,26)(H,27,28). The molecule has 1 atom stereocenters. The van der Waals surface area contributed by atoms with E-state index in [2.05, 4.69) is 6.92 Å². The Morgan fingerprint density at radius 3 is 2.07 bits per heavy atom. The smallest absolute Gasteiger partial charge is 0.336 e. The average Bonchev–Trinajstić information content (AvgIpc) is 2.69. The number of phenols is 1. The van der Waals surface area contributed by atoms with Crippen LogP contribution in [0.5, 0.6) is 5.75 Å². The Morgan fingerprint density at radius 2 is 1.50 bits per heavy atom. The fraction of sp³-hybridized carbons (Fsp3) is 0.130. The molecule has 5 heteroatoms. The van der Waals surface area contributed by atoms with Gasteiger partial charge in [-0.3, -0.25) is 0 Å². The second-order valence-corrected chi connectivity index (χ2v) is 6.76. The minimum atomic E-state index is -1.10. The van der Waals surface area contributed by atoms with Crippen LogP contribution in [-0.4, -0.2) is 27.3 Å². The van der Waals surface area contributed by atoms with Crippen molar-refractivity contribution in [3.63, 3.8) is 0 Å². The van der Waals surface area contributed by atoms with Crippen LogP contribution in [-0.2, 0) is 6.42 Å². The van der Waals surface area contributed by atoms with Crippen LogP contribution in [0.3, 0.4) is 0 Å². The number of aromatic hydroxyl groups is 1. The lowest BCUT2D eigenvalue weighted by Crippen LogP contribution is -2.04. The van der Waals surface area contributed by atoms with Gasteiger partial charge >= 0.3 is 11.9 Å². The SMILES string of the molecule is CC(Cc1ccc(O)cc1)c1ccc(-c2cc(C(=O)O)ccc2C(=O)O)cc1. The molecule has 0 fully saturated rings. The zero-order valence-corrected chi connectivity index (χ0v) is 15.3. The molecule has 0 amide bonds. The zero-order chi connectivity index (χ0) is 20.3. The van der Waals surface area contributed by atoms with Crippen LogP contribution in [0.2, 0.25) is 0 Å². The summed E-state index contributed by atoms with van der Waals surface area (Å²) < 4.78 is 0. The highest BCUT2D eigenvalue weighted by molar-refractivity contribution is 5.99. The molecule has 0 aromatic heterocycles. The summed E-state index contributed by atoms with van der Waals surface area (Å²) in [4.78, 5) is 22.8. The van der Waals surface area contributed by atoms with E-state index in [0.29, 0.717) is 11.1 Å². The molecule has 3 aromatic rings. The quantitative estimate of drug-likeness (QED) is 0.574. The van der Waals surface area contributed by atoms with Crippen LogP contribution in [0.15, 0.2) is 66.7 Å². The van der Waals surface area contributed by atoms with Gasteiger partial charge in [-0.05, 0) is 64.9 Å². The van der Waals surface area contributed by atoms with E-state index in [4.69, 9.17) is 0 Å². The molecule has 3 rings (SSSR count). The number of carboxylic acid groups (broad SMARTS) is 2. The summed E-state index contributed by atoms with van der Waals surface area (Å²) in [6.45, 7) is 2.09. The lowest BCUT2D eigenvalue weighted by molar-refractivity contribution is 0.0682. The number of carbonyl (C=O) groups is 2. The van der Waals surface area contributed by atoms with E-state index in [-0.39, 0.29) is 22.8 Å². The van der Waals surface area contributed by atoms with Crippen LogP contribution >= 0.6 is 0 Å². The van der Waals surface area contributed by atoms with Gasteiger partial charge in [-0.2, -0.15) is 0 Å². The first-order valence-electron chi connectivity index (χ1n) is 8.84. The van der Waals surface area contributed by atoms with Crippen molar-refractivity contribution in [3.05, 3.63) is 89.0 Å². The van der Waals surface area contributed by atoms with Gasteiger partial charge in [0, 0.05) is 0 Å². The topological polar surface area (TPSA) is 94.8 Å². The molecule has 0 aliphatic carbocycles. The number of carboxylic acids is 2. The number of hydrogen-bond acceptors (Lipinski definition) is 3. The molecule has 0 saturated heterocycles. The second kappa shape index (κ2) is 7.96. The maximum atomic E-state index is 11.5. The molecule has 142 valence electrons. The Bertz CT molecular complexity index is 1000. The molecule has 0 aliphatic heterocycles. The lowest BCUT2D eigenvalue weighted by Gasteiger charge is -2.14. The zero-order valence-electron chi connectivity index (χ0n) is 15.3. The van der Waals surface area contributed by atoms with Crippen molar-refractivity contribution in [3.8, 4) is 16.9 Å². The van der Waals surface area contributed by atoms with Crippen molar-refractivity contribution in [2.75, 3.05) is 0 Å². The molecule has 0 radical (unpaired) electrons. The third kappa shape index (κ3) is 4.20. The average molecular weight is 376 g/mol. The van der Waals surface area contributed by atoms with Gasteiger partial charge in [0.1, 0.15) is 5.75 Å². The molecule has 3 N–H and O–H groups in total. The van der Waals surface area contributed by atoms with Crippen LogP contribution in [0.4, 0.5) is 0 Å². The number of hydrogen-bond donors (Lipinski definition) is 3. The van der Waals surface area contributed by atoms with Crippen molar-refractivity contribution in [1.82, 2.24) is 0 Å². The van der Waals surface area contributed by atoms with Crippen molar-refractivity contribution >= 4 is 11.9 Å². The van der Waals surface area contributed by atoms with Crippen LogP contribution in [0.25, 0.3) is 11.1 Å². The van der Waals surface area contributed by atoms with Crippen molar-refractivity contribution in [2.24, 2.45) is 0 Å².